The largest absolute Gasteiger partial charge is 0.495 e. The SMILES string of the molecule is COc1cncc([C@@H](N)CC(=O)O)c1. The van der Waals surface area contributed by atoms with Crippen LogP contribution in [0.25, 0.3) is 0 Å². The number of hydrogen-bond donors (Lipinski definition) is 2. The third-order valence-corrected chi connectivity index (χ3v) is 1.79. The van der Waals surface area contributed by atoms with E-state index in [4.69, 9.17) is 15.6 Å². The van der Waals surface area contributed by atoms with Gasteiger partial charge in [0.2, 0.25) is 0 Å². The minimum Gasteiger partial charge on any atom is -0.495 e. The van der Waals surface area contributed by atoms with Gasteiger partial charge in [-0.2, -0.15) is 0 Å². The molecule has 1 rings (SSSR count). The van der Waals surface area contributed by atoms with Gasteiger partial charge in [0.05, 0.1) is 19.7 Å². The molecule has 0 aliphatic carbocycles. The van der Waals surface area contributed by atoms with E-state index in [-0.39, 0.29) is 6.42 Å². The van der Waals surface area contributed by atoms with Gasteiger partial charge in [-0.25, -0.2) is 0 Å². The van der Waals surface area contributed by atoms with Crippen LogP contribution in [-0.2, 0) is 4.79 Å². The molecule has 5 heteroatoms. The van der Waals surface area contributed by atoms with E-state index in [1.807, 2.05) is 0 Å². The van der Waals surface area contributed by atoms with Crippen LogP contribution in [0.1, 0.15) is 18.0 Å². The number of carboxylic acid groups (broad SMARTS) is 1. The van der Waals surface area contributed by atoms with Crippen molar-refractivity contribution in [1.82, 2.24) is 4.98 Å². The number of aromatic nitrogens is 1. The fourth-order valence-corrected chi connectivity index (χ4v) is 1.06. The topological polar surface area (TPSA) is 85.4 Å². The van der Waals surface area contributed by atoms with E-state index in [0.717, 1.165) is 0 Å². The van der Waals surface area contributed by atoms with Crippen molar-refractivity contribution >= 4 is 5.97 Å². The van der Waals surface area contributed by atoms with Gasteiger partial charge >= 0.3 is 5.97 Å². The Kier molecular flexibility index (Phi) is 3.41. The highest BCUT2D eigenvalue weighted by Crippen LogP contribution is 2.17. The van der Waals surface area contributed by atoms with Crippen LogP contribution in [0.2, 0.25) is 0 Å². The Morgan fingerprint density at radius 2 is 2.43 bits per heavy atom. The number of rotatable bonds is 4. The van der Waals surface area contributed by atoms with E-state index >= 15 is 0 Å². The molecule has 0 aromatic carbocycles. The van der Waals surface area contributed by atoms with E-state index in [1.54, 1.807) is 6.07 Å². The first kappa shape index (κ1) is 10.5. The molecule has 1 heterocycles. The Bertz CT molecular complexity index is 328. The molecule has 5 nitrogen and oxygen atoms in total. The van der Waals surface area contributed by atoms with Gasteiger partial charge in [-0.3, -0.25) is 9.78 Å². The van der Waals surface area contributed by atoms with Crippen LogP contribution >= 0.6 is 0 Å². The number of nitrogens with two attached hydrogens (primary N) is 1. The second kappa shape index (κ2) is 4.57. The van der Waals surface area contributed by atoms with Crippen LogP contribution in [0.4, 0.5) is 0 Å². The Morgan fingerprint density at radius 1 is 1.71 bits per heavy atom. The van der Waals surface area contributed by atoms with Gasteiger partial charge in [0.25, 0.3) is 0 Å². The monoisotopic (exact) mass is 196 g/mol. The fraction of sp³-hybridized carbons (Fsp3) is 0.333. The first-order valence-electron chi connectivity index (χ1n) is 4.10. The summed E-state index contributed by atoms with van der Waals surface area (Å²) in [6, 6.07) is 1.13. The summed E-state index contributed by atoms with van der Waals surface area (Å²) < 4.78 is 4.94. The molecule has 1 aromatic rings. The number of ether oxygens (including phenoxy) is 1. The zero-order chi connectivity index (χ0) is 10.6. The minimum absolute atomic E-state index is 0.116. The second-order valence-corrected chi connectivity index (χ2v) is 2.86. The van der Waals surface area contributed by atoms with Gasteiger partial charge < -0.3 is 15.6 Å². The smallest absolute Gasteiger partial charge is 0.305 e. The van der Waals surface area contributed by atoms with Gasteiger partial charge in [-0.15, -0.1) is 0 Å². The van der Waals surface area contributed by atoms with Gasteiger partial charge in [0.15, 0.2) is 0 Å². The summed E-state index contributed by atoms with van der Waals surface area (Å²) in [5.41, 5.74) is 6.30. The van der Waals surface area contributed by atoms with Crippen molar-refractivity contribution in [2.24, 2.45) is 5.73 Å². The van der Waals surface area contributed by atoms with Crippen molar-refractivity contribution in [3.8, 4) is 5.75 Å². The molecule has 0 saturated carbocycles. The number of hydrogen-bond acceptors (Lipinski definition) is 4. The summed E-state index contributed by atoms with van der Waals surface area (Å²) in [5.74, 6) is -0.358. The van der Waals surface area contributed by atoms with Crippen LogP contribution in [0, 0.1) is 0 Å². The quantitative estimate of drug-likeness (QED) is 0.735. The summed E-state index contributed by atoms with van der Waals surface area (Å²) in [5, 5.41) is 8.54. The highest BCUT2D eigenvalue weighted by molar-refractivity contribution is 5.67. The molecular formula is C9H12N2O3. The van der Waals surface area contributed by atoms with Gasteiger partial charge in [-0.1, -0.05) is 0 Å². The van der Waals surface area contributed by atoms with Crippen LogP contribution in [0.5, 0.6) is 5.75 Å². The fourth-order valence-electron chi connectivity index (χ4n) is 1.06. The molecule has 76 valence electrons. The molecule has 0 bridgehead atoms. The lowest BCUT2D eigenvalue weighted by atomic mass is 10.1. The summed E-state index contributed by atoms with van der Waals surface area (Å²) >= 11 is 0. The molecule has 0 aliphatic heterocycles. The third kappa shape index (κ3) is 2.70. The molecule has 0 saturated heterocycles. The Labute approximate surface area is 81.5 Å². The maximum atomic E-state index is 10.4. The van der Waals surface area contributed by atoms with Crippen molar-refractivity contribution in [2.75, 3.05) is 7.11 Å². The highest BCUT2D eigenvalue weighted by Gasteiger charge is 2.11. The molecule has 0 radical (unpaired) electrons. The lowest BCUT2D eigenvalue weighted by Crippen LogP contribution is -2.15. The van der Waals surface area contributed by atoms with Crippen LogP contribution in [-0.4, -0.2) is 23.2 Å². The summed E-state index contributed by atoms with van der Waals surface area (Å²) in [7, 11) is 1.52. The molecule has 3 N–H and O–H groups in total. The maximum absolute atomic E-state index is 10.4. The molecule has 0 amide bonds. The van der Waals surface area contributed by atoms with Crippen LogP contribution in [0.15, 0.2) is 18.5 Å². The number of pyridine rings is 1. The molecule has 0 unspecified atom stereocenters. The van der Waals surface area contributed by atoms with Gasteiger partial charge in [-0.05, 0) is 11.6 Å². The van der Waals surface area contributed by atoms with Gasteiger partial charge in [0.1, 0.15) is 5.75 Å². The van der Waals surface area contributed by atoms with E-state index in [9.17, 15) is 4.79 Å². The van der Waals surface area contributed by atoms with Crippen LogP contribution < -0.4 is 10.5 Å². The highest BCUT2D eigenvalue weighted by atomic mass is 16.5. The average Bonchev–Trinajstić information content (AvgIpc) is 2.17. The van der Waals surface area contributed by atoms with Crippen molar-refractivity contribution in [2.45, 2.75) is 12.5 Å². The lowest BCUT2D eigenvalue weighted by Gasteiger charge is -2.09. The number of aliphatic carboxylic acids is 1. The lowest BCUT2D eigenvalue weighted by molar-refractivity contribution is -0.137. The second-order valence-electron chi connectivity index (χ2n) is 2.86. The Morgan fingerprint density at radius 3 is 3.00 bits per heavy atom. The summed E-state index contributed by atoms with van der Waals surface area (Å²) in [6.45, 7) is 0. The first-order valence-corrected chi connectivity index (χ1v) is 4.10. The third-order valence-electron chi connectivity index (χ3n) is 1.79. The van der Waals surface area contributed by atoms with Crippen molar-refractivity contribution in [1.29, 1.82) is 0 Å². The van der Waals surface area contributed by atoms with Crippen molar-refractivity contribution < 1.29 is 14.6 Å². The molecule has 0 spiro atoms. The predicted octanol–water partition coefficient (Wildman–Crippen LogP) is 0.565. The minimum atomic E-state index is -0.930. The Balaban J connectivity index is 2.78. The molecule has 1 aromatic heterocycles. The maximum Gasteiger partial charge on any atom is 0.305 e. The summed E-state index contributed by atoms with van der Waals surface area (Å²) in [4.78, 5) is 14.3. The zero-order valence-corrected chi connectivity index (χ0v) is 7.80. The van der Waals surface area contributed by atoms with Crippen LogP contribution in [0.3, 0.4) is 0 Å². The normalized spacial score (nSPS) is 12.1. The van der Waals surface area contributed by atoms with E-state index in [1.165, 1.54) is 19.5 Å². The molecular weight excluding hydrogens is 184 g/mol. The predicted molar refractivity (Wildman–Crippen MR) is 50.0 cm³/mol. The molecule has 0 aliphatic rings. The standard InChI is InChI=1S/C9H12N2O3/c1-14-7-2-6(4-11-5-7)8(10)3-9(12)13/h2,4-5,8H,3,10H2,1H3,(H,12,13)/t8-/m0/s1. The van der Waals surface area contributed by atoms with E-state index in [2.05, 4.69) is 4.98 Å². The summed E-state index contributed by atoms with van der Waals surface area (Å²) in [6.07, 6.45) is 2.96. The average molecular weight is 196 g/mol. The van der Waals surface area contributed by atoms with Crippen molar-refractivity contribution in [3.63, 3.8) is 0 Å². The molecule has 0 fully saturated rings. The van der Waals surface area contributed by atoms with E-state index in [0.29, 0.717) is 11.3 Å². The Hall–Kier alpha value is -1.62. The molecule has 1 atom stereocenters. The number of carbonyl (C=O) groups is 1. The molecule has 14 heavy (non-hydrogen) atoms. The number of carboxylic acids is 1. The van der Waals surface area contributed by atoms with Crippen molar-refractivity contribution in [3.05, 3.63) is 24.0 Å². The van der Waals surface area contributed by atoms with E-state index < -0.39 is 12.0 Å². The first-order chi connectivity index (χ1) is 6.63. The number of nitrogens with zero attached hydrogens (tertiary/aromatic N) is 1. The zero-order valence-electron chi connectivity index (χ0n) is 7.80. The van der Waals surface area contributed by atoms with Gasteiger partial charge in [0, 0.05) is 12.2 Å². The number of methoxy groups -OCH3 is 1.